The number of hydrogen-bond acceptors (Lipinski definition) is 0. The van der Waals surface area contributed by atoms with E-state index >= 15 is 0 Å². The smallest absolute Gasteiger partial charge is 0.00845 e. The zero-order chi connectivity index (χ0) is 12.7. The second kappa shape index (κ2) is 4.76. The van der Waals surface area contributed by atoms with Gasteiger partial charge in [0.05, 0.1) is 0 Å². The van der Waals surface area contributed by atoms with E-state index < -0.39 is 0 Å². The van der Waals surface area contributed by atoms with Gasteiger partial charge in [0.1, 0.15) is 0 Å². The summed E-state index contributed by atoms with van der Waals surface area (Å²) in [6.45, 7) is 0. The average Bonchev–Trinajstić information content (AvgIpc) is 3.07. The van der Waals surface area contributed by atoms with Gasteiger partial charge in [0.15, 0.2) is 0 Å². The van der Waals surface area contributed by atoms with Gasteiger partial charge in [-0.15, -0.1) is 0 Å². The minimum atomic E-state index is -0.0675. The summed E-state index contributed by atoms with van der Waals surface area (Å²) in [6.07, 6.45) is 16.1. The van der Waals surface area contributed by atoms with Gasteiger partial charge in [-0.2, -0.15) is 0 Å². The molecule has 0 bridgehead atoms. The van der Waals surface area contributed by atoms with Gasteiger partial charge in [0.25, 0.3) is 0 Å². The molecule has 2 unspecified atom stereocenters. The molecule has 0 radical (unpaired) electrons. The Kier molecular flexibility index (Phi) is 2.93. The molecule has 0 nitrogen and oxygen atoms in total. The average molecular weight is 266 g/mol. The molecule has 1 aromatic rings. The summed E-state index contributed by atoms with van der Waals surface area (Å²) in [5.41, 5.74) is 3.27. The Morgan fingerprint density at radius 3 is 2.84 bits per heavy atom. The second-order valence-electron chi connectivity index (χ2n) is 5.71. The van der Waals surface area contributed by atoms with Crippen LogP contribution in [0.25, 0.3) is 0 Å². The summed E-state index contributed by atoms with van der Waals surface area (Å²) >= 11 is 0. The van der Waals surface area contributed by atoms with Crippen LogP contribution in [0.2, 0.25) is 0 Å². The lowest BCUT2D eigenvalue weighted by Gasteiger charge is -2.32. The third-order valence-electron chi connectivity index (χ3n) is 4.64. The van der Waals surface area contributed by atoms with Crippen molar-refractivity contribution in [1.29, 1.82) is 0 Å². The molecule has 0 spiro atoms. The van der Waals surface area contributed by atoms with Gasteiger partial charge in [0, 0.05) is 11.6 Å². The molecule has 0 amide bonds. The summed E-state index contributed by atoms with van der Waals surface area (Å²) in [7, 11) is -0.0675. The van der Waals surface area contributed by atoms with Crippen molar-refractivity contribution >= 4 is 13.2 Å². The van der Waals surface area contributed by atoms with Crippen LogP contribution in [0.5, 0.6) is 0 Å². The summed E-state index contributed by atoms with van der Waals surface area (Å²) < 4.78 is 0. The van der Waals surface area contributed by atoms with Crippen molar-refractivity contribution < 1.29 is 0 Å². The second-order valence-corrected chi connectivity index (χ2v) is 8.33. The molecule has 4 atom stereocenters. The number of hydrogen-bond donors (Lipinski definition) is 0. The Morgan fingerprint density at radius 2 is 1.95 bits per heavy atom. The first kappa shape index (κ1) is 11.7. The summed E-state index contributed by atoms with van der Waals surface area (Å²) in [4.78, 5) is 0. The van der Waals surface area contributed by atoms with Crippen molar-refractivity contribution in [2.45, 2.75) is 30.6 Å². The molecule has 0 saturated heterocycles. The SMILES string of the molecule is C1=C[C@@H]2C=CC3=CCC[C@@H]3P(c3ccccc3)C2C1. The minimum Gasteiger partial charge on any atom is -0.0873 e. The van der Waals surface area contributed by atoms with Crippen LogP contribution in [0.3, 0.4) is 0 Å². The van der Waals surface area contributed by atoms with Gasteiger partial charge in [-0.25, -0.2) is 0 Å². The van der Waals surface area contributed by atoms with E-state index in [1.54, 1.807) is 10.9 Å². The molecule has 1 aliphatic heterocycles. The Bertz CT molecular complexity index is 552. The largest absolute Gasteiger partial charge is 0.0873 e. The van der Waals surface area contributed by atoms with Crippen LogP contribution in [0.1, 0.15) is 19.3 Å². The normalized spacial score (nSPS) is 35.7. The van der Waals surface area contributed by atoms with E-state index in [9.17, 15) is 0 Å². The van der Waals surface area contributed by atoms with E-state index in [0.717, 1.165) is 11.3 Å². The molecule has 1 aromatic carbocycles. The van der Waals surface area contributed by atoms with Crippen LogP contribution >= 0.6 is 7.92 Å². The highest BCUT2D eigenvalue weighted by Gasteiger charge is 2.39. The maximum Gasteiger partial charge on any atom is 0.00845 e. The summed E-state index contributed by atoms with van der Waals surface area (Å²) in [6, 6.07) is 11.3. The number of benzene rings is 1. The third kappa shape index (κ3) is 1.94. The molecule has 4 rings (SSSR count). The van der Waals surface area contributed by atoms with Gasteiger partial charge in [-0.05, 0) is 35.8 Å². The van der Waals surface area contributed by atoms with Crippen molar-refractivity contribution in [3.05, 3.63) is 66.3 Å². The van der Waals surface area contributed by atoms with Crippen molar-refractivity contribution in [3.8, 4) is 0 Å². The van der Waals surface area contributed by atoms with Crippen LogP contribution in [-0.2, 0) is 0 Å². The van der Waals surface area contributed by atoms with Crippen LogP contribution in [0, 0.1) is 5.92 Å². The predicted octanol–water partition coefficient (Wildman–Crippen LogP) is 4.40. The molecular formula is C18H19P. The fourth-order valence-corrected chi connectivity index (χ4v) is 7.35. The van der Waals surface area contributed by atoms with Gasteiger partial charge in [-0.3, -0.25) is 0 Å². The molecule has 3 aliphatic rings. The molecule has 0 fully saturated rings. The van der Waals surface area contributed by atoms with Crippen molar-refractivity contribution in [1.82, 2.24) is 0 Å². The maximum atomic E-state index is 2.48. The predicted molar refractivity (Wildman–Crippen MR) is 84.3 cm³/mol. The molecule has 0 aromatic heterocycles. The standard InChI is InChI=1S/C18H19P/c1-2-8-16(9-3-1)19-17-10-4-6-14(17)12-13-15-7-5-11-18(15)19/h1-4,6-9,12-14,17-18H,5,10-11H2/t14-,17?,18+,19?/m1/s1. The van der Waals surface area contributed by atoms with E-state index in [-0.39, 0.29) is 7.92 Å². The van der Waals surface area contributed by atoms with Crippen molar-refractivity contribution in [2.75, 3.05) is 0 Å². The molecule has 0 saturated carbocycles. The van der Waals surface area contributed by atoms with E-state index in [4.69, 9.17) is 0 Å². The summed E-state index contributed by atoms with van der Waals surface area (Å²) in [5, 5.41) is 1.61. The van der Waals surface area contributed by atoms with Gasteiger partial charge < -0.3 is 0 Å². The molecular weight excluding hydrogens is 247 g/mol. The molecule has 96 valence electrons. The topological polar surface area (TPSA) is 0 Å². The minimum absolute atomic E-state index is 0.0675. The van der Waals surface area contributed by atoms with Crippen LogP contribution in [0.4, 0.5) is 0 Å². The molecule has 0 N–H and O–H groups in total. The van der Waals surface area contributed by atoms with Crippen LogP contribution < -0.4 is 5.30 Å². The quantitative estimate of drug-likeness (QED) is 0.522. The van der Waals surface area contributed by atoms with Crippen LogP contribution in [0.15, 0.2) is 66.3 Å². The zero-order valence-corrected chi connectivity index (χ0v) is 12.0. The van der Waals surface area contributed by atoms with Gasteiger partial charge in [0.2, 0.25) is 0 Å². The Balaban J connectivity index is 1.80. The van der Waals surface area contributed by atoms with Crippen LogP contribution in [-0.4, -0.2) is 11.3 Å². The monoisotopic (exact) mass is 266 g/mol. The lowest BCUT2D eigenvalue weighted by Crippen LogP contribution is -2.23. The molecule has 19 heavy (non-hydrogen) atoms. The molecule has 1 heterocycles. The third-order valence-corrected chi connectivity index (χ3v) is 8.04. The Morgan fingerprint density at radius 1 is 1.05 bits per heavy atom. The highest BCUT2D eigenvalue weighted by Crippen LogP contribution is 2.58. The highest BCUT2D eigenvalue weighted by atomic mass is 31.1. The molecule has 1 heteroatoms. The van der Waals surface area contributed by atoms with E-state index in [1.807, 2.05) is 0 Å². The number of allylic oxidation sites excluding steroid dienone is 6. The highest BCUT2D eigenvalue weighted by molar-refractivity contribution is 7.67. The number of fused-ring (bicyclic) bond motifs is 2. The van der Waals surface area contributed by atoms with E-state index in [1.165, 1.54) is 19.3 Å². The fraction of sp³-hybridized carbons (Fsp3) is 0.333. The van der Waals surface area contributed by atoms with Gasteiger partial charge >= 0.3 is 0 Å². The summed E-state index contributed by atoms with van der Waals surface area (Å²) in [5.74, 6) is 0.679. The van der Waals surface area contributed by atoms with E-state index in [0.29, 0.717) is 5.92 Å². The maximum absolute atomic E-state index is 2.48. The Hall–Kier alpha value is -1.13. The van der Waals surface area contributed by atoms with Crippen molar-refractivity contribution in [2.24, 2.45) is 5.92 Å². The Labute approximate surface area is 116 Å². The zero-order valence-electron chi connectivity index (χ0n) is 11.1. The first-order chi connectivity index (χ1) is 9.43. The molecule has 2 aliphatic carbocycles. The lowest BCUT2D eigenvalue weighted by atomic mass is 10.1. The first-order valence-electron chi connectivity index (χ1n) is 7.32. The fourth-order valence-electron chi connectivity index (χ4n) is 3.77. The van der Waals surface area contributed by atoms with Crippen molar-refractivity contribution in [3.63, 3.8) is 0 Å². The first-order valence-corrected chi connectivity index (χ1v) is 8.80. The van der Waals surface area contributed by atoms with E-state index in [2.05, 4.69) is 60.7 Å². The number of rotatable bonds is 1. The lowest BCUT2D eigenvalue weighted by molar-refractivity contribution is 0.778. The van der Waals surface area contributed by atoms with Gasteiger partial charge in [-0.1, -0.05) is 68.6 Å².